The molecule has 1 heterocycles. The van der Waals surface area contributed by atoms with E-state index in [0.29, 0.717) is 28.9 Å². The molecule has 1 aliphatic rings. The predicted octanol–water partition coefficient (Wildman–Crippen LogP) is 3.05. The zero-order valence-corrected chi connectivity index (χ0v) is 15.5. The molecule has 0 unspecified atom stereocenters. The molecular weight excluding hydrogens is 348 g/mol. The minimum absolute atomic E-state index is 0.192. The predicted molar refractivity (Wildman–Crippen MR) is 97.8 cm³/mol. The summed E-state index contributed by atoms with van der Waals surface area (Å²) in [4.78, 5) is 14.5. The molecule has 130 valence electrons. The van der Waals surface area contributed by atoms with Gasteiger partial charge in [-0.25, -0.2) is 4.79 Å². The van der Waals surface area contributed by atoms with Crippen LogP contribution in [0.5, 0.6) is 0 Å². The number of carbonyl (C=O) groups excluding carboxylic acids is 1. The molecule has 1 atom stereocenters. The molecule has 0 amide bonds. The van der Waals surface area contributed by atoms with Crippen molar-refractivity contribution in [2.45, 2.75) is 19.9 Å². The third-order valence-electron chi connectivity index (χ3n) is 3.87. The van der Waals surface area contributed by atoms with Crippen LogP contribution in [0.2, 0.25) is 5.02 Å². The van der Waals surface area contributed by atoms with E-state index in [-0.39, 0.29) is 6.61 Å². The zero-order valence-electron chi connectivity index (χ0n) is 14.0. The number of hydrogen-bond donors (Lipinski definition) is 1. The maximum absolute atomic E-state index is 12.7. The number of rotatable bonds is 6. The number of hydrogen-bond acceptors (Lipinski definition) is 4. The van der Waals surface area contributed by atoms with Gasteiger partial charge in [-0.1, -0.05) is 29.8 Å². The van der Waals surface area contributed by atoms with Crippen LogP contribution < -0.4 is 5.32 Å². The first-order valence-corrected chi connectivity index (χ1v) is 8.49. The molecule has 0 aliphatic carbocycles. The maximum atomic E-state index is 12.7. The smallest absolute Gasteiger partial charge is 0.338 e. The Morgan fingerprint density at radius 2 is 2.08 bits per heavy atom. The number of allylic oxidation sites excluding steroid dienone is 1. The van der Waals surface area contributed by atoms with Crippen LogP contribution in [0.1, 0.15) is 25.5 Å². The van der Waals surface area contributed by atoms with Gasteiger partial charge in [-0.2, -0.15) is 0 Å². The Bertz CT molecular complexity index is 663. The Morgan fingerprint density at radius 3 is 2.71 bits per heavy atom. The van der Waals surface area contributed by atoms with Crippen LogP contribution in [0, 0.1) is 0 Å². The SMILES string of the molecule is CCN1C(=S)N[C@@H](c2ccccc2Cl)C(C(=O)OCCOC)=C1C. The number of benzene rings is 1. The van der Waals surface area contributed by atoms with Crippen molar-refractivity contribution >= 4 is 34.9 Å². The fraction of sp³-hybridized carbons (Fsp3) is 0.412. The van der Waals surface area contributed by atoms with Crippen molar-refractivity contribution in [3.05, 3.63) is 46.1 Å². The summed E-state index contributed by atoms with van der Waals surface area (Å²) in [5.41, 5.74) is 2.07. The Balaban J connectivity index is 2.44. The quantitative estimate of drug-likeness (QED) is 0.473. The molecule has 2 rings (SSSR count). The molecule has 0 saturated carbocycles. The summed E-state index contributed by atoms with van der Waals surface area (Å²) < 4.78 is 10.3. The number of methoxy groups -OCH3 is 1. The van der Waals surface area contributed by atoms with Crippen LogP contribution in [-0.2, 0) is 14.3 Å². The molecule has 0 bridgehead atoms. The van der Waals surface area contributed by atoms with E-state index in [0.717, 1.165) is 11.3 Å². The van der Waals surface area contributed by atoms with Gasteiger partial charge in [-0.05, 0) is 37.7 Å². The number of nitrogens with zero attached hydrogens (tertiary/aromatic N) is 1. The van der Waals surface area contributed by atoms with Crippen molar-refractivity contribution in [1.29, 1.82) is 0 Å². The molecule has 0 saturated heterocycles. The van der Waals surface area contributed by atoms with E-state index < -0.39 is 12.0 Å². The highest BCUT2D eigenvalue weighted by molar-refractivity contribution is 7.80. The van der Waals surface area contributed by atoms with Gasteiger partial charge < -0.3 is 19.7 Å². The second-order valence-electron chi connectivity index (χ2n) is 5.28. The van der Waals surface area contributed by atoms with Crippen LogP contribution in [0.3, 0.4) is 0 Å². The first kappa shape index (κ1) is 18.7. The van der Waals surface area contributed by atoms with Crippen molar-refractivity contribution in [2.24, 2.45) is 0 Å². The van der Waals surface area contributed by atoms with Gasteiger partial charge >= 0.3 is 5.97 Å². The Kier molecular flexibility index (Phi) is 6.60. The van der Waals surface area contributed by atoms with E-state index in [4.69, 9.17) is 33.3 Å². The highest BCUT2D eigenvalue weighted by atomic mass is 35.5. The lowest BCUT2D eigenvalue weighted by Gasteiger charge is -2.37. The first-order chi connectivity index (χ1) is 11.5. The minimum atomic E-state index is -0.441. The molecule has 0 fully saturated rings. The lowest BCUT2D eigenvalue weighted by molar-refractivity contribution is -0.140. The number of nitrogens with one attached hydrogen (secondary N) is 1. The van der Waals surface area contributed by atoms with Gasteiger partial charge in [0.05, 0.1) is 18.2 Å². The summed E-state index contributed by atoms with van der Waals surface area (Å²) >= 11 is 11.8. The van der Waals surface area contributed by atoms with E-state index in [1.54, 1.807) is 13.2 Å². The molecule has 24 heavy (non-hydrogen) atoms. The van der Waals surface area contributed by atoms with E-state index in [1.165, 1.54) is 0 Å². The standard InChI is InChI=1S/C17H21ClN2O3S/c1-4-20-11(2)14(16(21)23-10-9-22-3)15(19-17(20)24)12-7-5-6-8-13(12)18/h5-8,15H,4,9-10H2,1-3H3,(H,19,24)/t15-/m0/s1. The van der Waals surface area contributed by atoms with Crippen molar-refractivity contribution < 1.29 is 14.3 Å². The highest BCUT2D eigenvalue weighted by Gasteiger charge is 2.35. The second-order valence-corrected chi connectivity index (χ2v) is 6.07. The van der Waals surface area contributed by atoms with Gasteiger partial charge in [-0.3, -0.25) is 0 Å². The normalized spacial score (nSPS) is 17.8. The largest absolute Gasteiger partial charge is 0.460 e. The second kappa shape index (κ2) is 8.46. The molecule has 1 N–H and O–H groups in total. The summed E-state index contributed by atoms with van der Waals surface area (Å²) in [5, 5.41) is 4.34. The Hall–Kier alpha value is -1.63. The summed E-state index contributed by atoms with van der Waals surface area (Å²) in [5.74, 6) is -0.400. The van der Waals surface area contributed by atoms with Crippen LogP contribution in [0.4, 0.5) is 0 Å². The average Bonchev–Trinajstić information content (AvgIpc) is 2.55. The molecule has 0 radical (unpaired) electrons. The first-order valence-electron chi connectivity index (χ1n) is 7.70. The van der Waals surface area contributed by atoms with Gasteiger partial charge in [0.25, 0.3) is 0 Å². The van der Waals surface area contributed by atoms with Crippen LogP contribution in [0.25, 0.3) is 0 Å². The van der Waals surface area contributed by atoms with Crippen LogP contribution in [0.15, 0.2) is 35.5 Å². The van der Waals surface area contributed by atoms with E-state index >= 15 is 0 Å². The van der Waals surface area contributed by atoms with Crippen molar-refractivity contribution in [3.63, 3.8) is 0 Å². The van der Waals surface area contributed by atoms with Gasteiger partial charge in [0.1, 0.15) is 6.61 Å². The Morgan fingerprint density at radius 1 is 1.38 bits per heavy atom. The topological polar surface area (TPSA) is 50.8 Å². The molecule has 7 heteroatoms. The number of esters is 1. The molecule has 5 nitrogen and oxygen atoms in total. The minimum Gasteiger partial charge on any atom is -0.460 e. The summed E-state index contributed by atoms with van der Waals surface area (Å²) in [6.45, 7) is 5.03. The van der Waals surface area contributed by atoms with E-state index in [1.807, 2.05) is 36.9 Å². The molecule has 1 aliphatic heterocycles. The third-order valence-corrected chi connectivity index (χ3v) is 4.55. The summed E-state index contributed by atoms with van der Waals surface area (Å²) in [6.07, 6.45) is 0. The van der Waals surface area contributed by atoms with Crippen molar-refractivity contribution in [1.82, 2.24) is 10.2 Å². The van der Waals surface area contributed by atoms with Gasteiger partial charge in [-0.15, -0.1) is 0 Å². The van der Waals surface area contributed by atoms with Crippen LogP contribution in [-0.4, -0.2) is 42.8 Å². The molecule has 0 spiro atoms. The average molecular weight is 369 g/mol. The van der Waals surface area contributed by atoms with Crippen molar-refractivity contribution in [2.75, 3.05) is 26.9 Å². The van der Waals surface area contributed by atoms with Crippen LogP contribution >= 0.6 is 23.8 Å². The number of halogens is 1. The molecular formula is C17H21ClN2O3S. The lowest BCUT2D eigenvalue weighted by atomic mass is 9.95. The molecule has 1 aromatic carbocycles. The zero-order chi connectivity index (χ0) is 17.7. The monoisotopic (exact) mass is 368 g/mol. The molecule has 0 aromatic heterocycles. The van der Waals surface area contributed by atoms with E-state index in [9.17, 15) is 4.79 Å². The lowest BCUT2D eigenvalue weighted by Crippen LogP contribution is -2.47. The third kappa shape index (κ3) is 3.88. The summed E-state index contributed by atoms with van der Waals surface area (Å²) in [7, 11) is 1.56. The Labute approximate surface area is 152 Å². The van der Waals surface area contributed by atoms with Gasteiger partial charge in [0.15, 0.2) is 5.11 Å². The summed E-state index contributed by atoms with van der Waals surface area (Å²) in [6, 6.07) is 6.94. The number of carbonyl (C=O) groups is 1. The fourth-order valence-electron chi connectivity index (χ4n) is 2.66. The maximum Gasteiger partial charge on any atom is 0.338 e. The number of ether oxygens (including phenoxy) is 2. The van der Waals surface area contributed by atoms with Gasteiger partial charge in [0, 0.05) is 24.4 Å². The molecule has 1 aromatic rings. The van der Waals surface area contributed by atoms with Crippen molar-refractivity contribution in [3.8, 4) is 0 Å². The van der Waals surface area contributed by atoms with Gasteiger partial charge in [0.2, 0.25) is 0 Å². The fourth-order valence-corrected chi connectivity index (χ4v) is 3.29. The highest BCUT2D eigenvalue weighted by Crippen LogP contribution is 2.34. The van der Waals surface area contributed by atoms with E-state index in [2.05, 4.69) is 5.32 Å². The number of thiocarbonyl (C=S) groups is 1.